The van der Waals surface area contributed by atoms with Gasteiger partial charge in [-0.1, -0.05) is 0 Å². The molecule has 1 fully saturated rings. The number of hydrogen-bond acceptors (Lipinski definition) is 6. The standard InChI is InChI=1S/C11H19N5O3/c1-11(2,3)19-10(18)16-5-7(8(17)6-16)9-12-14-15(4)13-9/h7-8,17H,5-6H2,1-4H3. The number of β-amino-alcohol motifs (C(OH)–C–C–N with tert-alkyl or cyclic N) is 1. The average molecular weight is 269 g/mol. The molecule has 0 radical (unpaired) electrons. The molecule has 8 heteroatoms. The van der Waals surface area contributed by atoms with E-state index in [1.807, 2.05) is 0 Å². The van der Waals surface area contributed by atoms with Crippen LogP contribution in [0.15, 0.2) is 0 Å². The van der Waals surface area contributed by atoms with Gasteiger partial charge in [-0.3, -0.25) is 0 Å². The zero-order chi connectivity index (χ0) is 14.2. The van der Waals surface area contributed by atoms with Gasteiger partial charge in [-0.2, -0.15) is 4.80 Å². The molecule has 2 unspecified atom stereocenters. The number of aromatic nitrogens is 4. The molecular formula is C11H19N5O3. The van der Waals surface area contributed by atoms with Crippen molar-refractivity contribution in [3.8, 4) is 0 Å². The summed E-state index contributed by atoms with van der Waals surface area (Å²) in [5, 5.41) is 21.7. The van der Waals surface area contributed by atoms with E-state index in [9.17, 15) is 9.90 Å². The van der Waals surface area contributed by atoms with Crippen LogP contribution in [-0.4, -0.2) is 61.1 Å². The molecule has 1 aliphatic heterocycles. The first-order chi connectivity index (χ1) is 8.76. The molecule has 19 heavy (non-hydrogen) atoms. The summed E-state index contributed by atoms with van der Waals surface area (Å²) < 4.78 is 5.27. The molecule has 0 aliphatic carbocycles. The number of rotatable bonds is 1. The van der Waals surface area contributed by atoms with Gasteiger partial charge in [0.1, 0.15) is 5.60 Å². The predicted octanol–water partition coefficient (Wildman–Crippen LogP) is -0.0947. The van der Waals surface area contributed by atoms with E-state index in [1.54, 1.807) is 27.8 Å². The van der Waals surface area contributed by atoms with Crippen molar-refractivity contribution in [1.29, 1.82) is 0 Å². The number of aliphatic hydroxyl groups excluding tert-OH is 1. The van der Waals surface area contributed by atoms with Crippen molar-refractivity contribution < 1.29 is 14.6 Å². The van der Waals surface area contributed by atoms with Gasteiger partial charge < -0.3 is 14.7 Å². The largest absolute Gasteiger partial charge is 0.444 e. The van der Waals surface area contributed by atoms with Gasteiger partial charge in [-0.05, 0) is 26.0 Å². The zero-order valence-electron chi connectivity index (χ0n) is 11.6. The number of likely N-dealkylation sites (tertiary alicyclic amines) is 1. The van der Waals surface area contributed by atoms with E-state index in [-0.39, 0.29) is 12.5 Å². The van der Waals surface area contributed by atoms with Crippen molar-refractivity contribution in [1.82, 2.24) is 25.1 Å². The number of hydrogen-bond donors (Lipinski definition) is 1. The highest BCUT2D eigenvalue weighted by molar-refractivity contribution is 5.68. The summed E-state index contributed by atoms with van der Waals surface area (Å²) in [6.45, 7) is 5.97. The van der Waals surface area contributed by atoms with E-state index < -0.39 is 17.8 Å². The molecule has 8 nitrogen and oxygen atoms in total. The summed E-state index contributed by atoms with van der Waals surface area (Å²) in [6, 6.07) is 0. The maximum Gasteiger partial charge on any atom is 0.410 e. The lowest BCUT2D eigenvalue weighted by molar-refractivity contribution is 0.0270. The number of carbonyl (C=O) groups excluding carboxylic acids is 1. The Kier molecular flexibility index (Phi) is 3.44. The van der Waals surface area contributed by atoms with E-state index in [0.29, 0.717) is 12.4 Å². The number of nitrogens with zero attached hydrogens (tertiary/aromatic N) is 5. The average Bonchev–Trinajstić information content (AvgIpc) is 2.82. The third-order valence-electron chi connectivity index (χ3n) is 2.80. The van der Waals surface area contributed by atoms with Crippen LogP contribution in [0.2, 0.25) is 0 Å². The second-order valence-corrected chi connectivity index (χ2v) is 5.70. The minimum absolute atomic E-state index is 0.220. The molecule has 1 aromatic rings. The van der Waals surface area contributed by atoms with Gasteiger partial charge >= 0.3 is 6.09 Å². The highest BCUT2D eigenvalue weighted by Gasteiger charge is 2.39. The van der Waals surface area contributed by atoms with Gasteiger partial charge in [0.25, 0.3) is 0 Å². The minimum Gasteiger partial charge on any atom is -0.444 e. The number of tetrazole rings is 1. The molecule has 0 aromatic carbocycles. The Morgan fingerprint density at radius 3 is 2.63 bits per heavy atom. The van der Waals surface area contributed by atoms with Gasteiger partial charge in [0.2, 0.25) is 0 Å². The first-order valence-electron chi connectivity index (χ1n) is 6.16. The summed E-state index contributed by atoms with van der Waals surface area (Å²) in [5.74, 6) is 0.127. The van der Waals surface area contributed by atoms with Crippen molar-refractivity contribution in [2.24, 2.45) is 7.05 Å². The van der Waals surface area contributed by atoms with Gasteiger partial charge in [0.05, 0.1) is 25.6 Å². The smallest absolute Gasteiger partial charge is 0.410 e. The van der Waals surface area contributed by atoms with Crippen LogP contribution in [0.5, 0.6) is 0 Å². The quantitative estimate of drug-likeness (QED) is 0.765. The topological polar surface area (TPSA) is 93.4 Å². The van der Waals surface area contributed by atoms with Crippen molar-refractivity contribution in [3.05, 3.63) is 5.82 Å². The van der Waals surface area contributed by atoms with E-state index in [2.05, 4.69) is 15.4 Å². The lowest BCUT2D eigenvalue weighted by Gasteiger charge is -2.24. The Labute approximate surface area is 111 Å². The van der Waals surface area contributed by atoms with Crippen LogP contribution in [0, 0.1) is 0 Å². The molecule has 1 amide bonds. The molecule has 1 saturated heterocycles. The molecular weight excluding hydrogens is 250 g/mol. The molecule has 0 bridgehead atoms. The summed E-state index contributed by atoms with van der Waals surface area (Å²) >= 11 is 0. The van der Waals surface area contributed by atoms with E-state index in [1.165, 1.54) is 9.70 Å². The second kappa shape index (κ2) is 4.76. The fourth-order valence-electron chi connectivity index (χ4n) is 1.96. The SMILES string of the molecule is Cn1nnc(C2CN(C(=O)OC(C)(C)C)CC2O)n1. The van der Waals surface area contributed by atoms with Crippen LogP contribution < -0.4 is 0 Å². The van der Waals surface area contributed by atoms with Gasteiger partial charge in [0.15, 0.2) is 5.82 Å². The maximum absolute atomic E-state index is 11.9. The van der Waals surface area contributed by atoms with Crippen molar-refractivity contribution in [2.75, 3.05) is 13.1 Å². The fourth-order valence-corrected chi connectivity index (χ4v) is 1.96. The van der Waals surface area contributed by atoms with E-state index >= 15 is 0 Å². The van der Waals surface area contributed by atoms with Crippen LogP contribution in [0.3, 0.4) is 0 Å². The van der Waals surface area contributed by atoms with Crippen LogP contribution in [0.1, 0.15) is 32.5 Å². The third-order valence-corrected chi connectivity index (χ3v) is 2.80. The van der Waals surface area contributed by atoms with Gasteiger partial charge in [-0.25, -0.2) is 4.79 Å². The highest BCUT2D eigenvalue weighted by Crippen LogP contribution is 2.26. The molecule has 0 saturated carbocycles. The van der Waals surface area contributed by atoms with Crippen molar-refractivity contribution in [3.63, 3.8) is 0 Å². The Morgan fingerprint density at radius 2 is 2.11 bits per heavy atom. The van der Waals surface area contributed by atoms with Crippen molar-refractivity contribution in [2.45, 2.75) is 38.4 Å². The van der Waals surface area contributed by atoms with E-state index in [4.69, 9.17) is 4.74 Å². The first-order valence-corrected chi connectivity index (χ1v) is 6.16. The van der Waals surface area contributed by atoms with Gasteiger partial charge in [-0.15, -0.1) is 10.2 Å². The Balaban J connectivity index is 2.03. The lowest BCUT2D eigenvalue weighted by atomic mass is 10.1. The van der Waals surface area contributed by atoms with Crippen LogP contribution in [0.25, 0.3) is 0 Å². The molecule has 2 rings (SSSR count). The Morgan fingerprint density at radius 1 is 1.42 bits per heavy atom. The summed E-state index contributed by atoms with van der Waals surface area (Å²) in [4.78, 5) is 14.7. The Bertz CT molecular complexity index is 467. The van der Waals surface area contributed by atoms with E-state index in [0.717, 1.165) is 0 Å². The van der Waals surface area contributed by atoms with Crippen molar-refractivity contribution >= 4 is 6.09 Å². The summed E-state index contributed by atoms with van der Waals surface area (Å²) in [7, 11) is 1.66. The highest BCUT2D eigenvalue weighted by atomic mass is 16.6. The van der Waals surface area contributed by atoms with Gasteiger partial charge in [0, 0.05) is 6.54 Å². The second-order valence-electron chi connectivity index (χ2n) is 5.70. The molecule has 106 valence electrons. The Hall–Kier alpha value is -1.70. The molecule has 0 spiro atoms. The number of carbonyl (C=O) groups is 1. The summed E-state index contributed by atoms with van der Waals surface area (Å²) in [5.41, 5.74) is -0.551. The normalized spacial score (nSPS) is 23.7. The number of aliphatic hydroxyl groups is 1. The molecule has 1 aliphatic rings. The molecule has 1 aromatic heterocycles. The van der Waals surface area contributed by atoms with Crippen LogP contribution in [-0.2, 0) is 11.8 Å². The number of ether oxygens (including phenoxy) is 1. The maximum atomic E-state index is 11.9. The predicted molar refractivity (Wildman–Crippen MR) is 65.4 cm³/mol. The number of aryl methyl sites for hydroxylation is 1. The lowest BCUT2D eigenvalue weighted by Crippen LogP contribution is -2.35. The van der Waals surface area contributed by atoms with Crippen LogP contribution in [0.4, 0.5) is 4.79 Å². The molecule has 1 N–H and O–H groups in total. The number of amides is 1. The monoisotopic (exact) mass is 269 g/mol. The zero-order valence-corrected chi connectivity index (χ0v) is 11.6. The third kappa shape index (κ3) is 3.19. The summed E-state index contributed by atoms with van der Waals surface area (Å²) in [6.07, 6.45) is -1.13. The first kappa shape index (κ1) is 13.7. The molecule has 2 atom stereocenters. The van der Waals surface area contributed by atoms with Crippen LogP contribution >= 0.6 is 0 Å². The minimum atomic E-state index is -0.697. The molecule has 2 heterocycles. The fraction of sp³-hybridized carbons (Fsp3) is 0.818.